The van der Waals surface area contributed by atoms with E-state index in [0.717, 1.165) is 11.4 Å². The minimum atomic E-state index is -0.287. The van der Waals surface area contributed by atoms with E-state index in [-0.39, 0.29) is 11.8 Å². The number of anilines is 1. The van der Waals surface area contributed by atoms with Gasteiger partial charge in [0.15, 0.2) is 5.82 Å². The van der Waals surface area contributed by atoms with Gasteiger partial charge in [0.25, 0.3) is 5.91 Å². The minimum Gasteiger partial charge on any atom is -0.320 e. The smallest absolute Gasteiger partial charge is 0.286 e. The first-order chi connectivity index (χ1) is 10.5. The maximum atomic E-state index is 12.3. The van der Waals surface area contributed by atoms with Gasteiger partial charge in [-0.3, -0.25) is 4.79 Å². The number of nitrogens with one attached hydrogen (secondary N) is 1. The van der Waals surface area contributed by atoms with E-state index < -0.39 is 0 Å². The molecule has 0 fully saturated rings. The third kappa shape index (κ3) is 2.69. The molecule has 0 spiro atoms. The second kappa shape index (κ2) is 5.66. The Morgan fingerprint density at radius 1 is 1.36 bits per heavy atom. The number of rotatable bonds is 3. The molecule has 0 saturated heterocycles. The largest absolute Gasteiger partial charge is 0.320 e. The van der Waals surface area contributed by atoms with Gasteiger partial charge in [-0.2, -0.15) is 4.52 Å². The van der Waals surface area contributed by atoms with E-state index in [2.05, 4.69) is 20.6 Å². The number of hydrogen-bond acceptors (Lipinski definition) is 5. The molecular formula is C14H14ClN5OS. The van der Waals surface area contributed by atoms with Crippen molar-refractivity contribution < 1.29 is 4.79 Å². The van der Waals surface area contributed by atoms with Crippen molar-refractivity contribution in [3.8, 4) is 0 Å². The van der Waals surface area contributed by atoms with Crippen LogP contribution in [0.15, 0.2) is 18.2 Å². The summed E-state index contributed by atoms with van der Waals surface area (Å²) in [6.45, 7) is 5.91. The summed E-state index contributed by atoms with van der Waals surface area (Å²) in [6, 6.07) is 5.38. The molecule has 0 aliphatic carbocycles. The van der Waals surface area contributed by atoms with Crippen molar-refractivity contribution in [1.29, 1.82) is 0 Å². The van der Waals surface area contributed by atoms with E-state index in [1.165, 1.54) is 11.3 Å². The van der Waals surface area contributed by atoms with E-state index in [0.29, 0.717) is 20.7 Å². The summed E-state index contributed by atoms with van der Waals surface area (Å²) < 4.78 is 1.62. The van der Waals surface area contributed by atoms with Gasteiger partial charge in [0.05, 0.1) is 0 Å². The molecular weight excluding hydrogens is 322 g/mol. The maximum Gasteiger partial charge on any atom is 0.286 e. The van der Waals surface area contributed by atoms with Crippen LogP contribution in [0.5, 0.6) is 0 Å². The Morgan fingerprint density at radius 3 is 2.82 bits per heavy atom. The number of fused-ring (bicyclic) bond motifs is 1. The lowest BCUT2D eigenvalue weighted by atomic mass is 10.2. The van der Waals surface area contributed by atoms with Gasteiger partial charge in [-0.25, -0.2) is 0 Å². The van der Waals surface area contributed by atoms with Crippen LogP contribution in [-0.2, 0) is 0 Å². The summed E-state index contributed by atoms with van der Waals surface area (Å²) in [4.78, 5) is 12.9. The van der Waals surface area contributed by atoms with E-state index in [4.69, 9.17) is 11.6 Å². The van der Waals surface area contributed by atoms with Gasteiger partial charge in [0, 0.05) is 16.6 Å². The van der Waals surface area contributed by atoms with Crippen molar-refractivity contribution in [1.82, 2.24) is 19.8 Å². The third-order valence-electron chi connectivity index (χ3n) is 3.16. The fourth-order valence-corrected chi connectivity index (χ4v) is 2.86. The van der Waals surface area contributed by atoms with Gasteiger partial charge in [-0.05, 0) is 24.6 Å². The number of benzene rings is 1. The molecule has 8 heteroatoms. The first-order valence-electron chi connectivity index (χ1n) is 6.75. The zero-order valence-electron chi connectivity index (χ0n) is 12.3. The van der Waals surface area contributed by atoms with Crippen LogP contribution in [0.25, 0.3) is 4.96 Å². The Kier molecular flexibility index (Phi) is 3.84. The third-order valence-corrected chi connectivity index (χ3v) is 4.46. The number of nitrogens with zero attached hydrogens (tertiary/aromatic N) is 4. The predicted molar refractivity (Wildman–Crippen MR) is 86.9 cm³/mol. The van der Waals surface area contributed by atoms with Crippen molar-refractivity contribution in [2.75, 3.05) is 5.32 Å². The molecule has 0 unspecified atom stereocenters. The van der Waals surface area contributed by atoms with E-state index in [1.807, 2.05) is 26.8 Å². The van der Waals surface area contributed by atoms with Gasteiger partial charge in [0.1, 0.15) is 0 Å². The standard InChI is InChI=1S/C14H14ClN5OS/c1-7(2)11-17-18-14-20(11)19-13(22-14)12(21)16-9-5-4-8(3)10(15)6-9/h4-7H,1-3H3,(H,16,21). The Balaban J connectivity index is 1.87. The second-order valence-electron chi connectivity index (χ2n) is 5.23. The average molecular weight is 336 g/mol. The van der Waals surface area contributed by atoms with Crippen molar-refractivity contribution in [2.45, 2.75) is 26.7 Å². The fourth-order valence-electron chi connectivity index (χ4n) is 1.94. The van der Waals surface area contributed by atoms with Gasteiger partial charge < -0.3 is 5.32 Å². The Morgan fingerprint density at radius 2 is 2.14 bits per heavy atom. The summed E-state index contributed by atoms with van der Waals surface area (Å²) in [5, 5.41) is 16.1. The van der Waals surface area contributed by atoms with Crippen LogP contribution in [0.3, 0.4) is 0 Å². The molecule has 3 rings (SSSR count). The molecule has 1 N–H and O–H groups in total. The summed E-state index contributed by atoms with van der Waals surface area (Å²) >= 11 is 7.26. The van der Waals surface area contributed by atoms with Gasteiger partial charge in [0.2, 0.25) is 9.97 Å². The van der Waals surface area contributed by atoms with Crippen LogP contribution in [-0.4, -0.2) is 25.7 Å². The van der Waals surface area contributed by atoms with Crippen LogP contribution in [0, 0.1) is 6.92 Å². The van der Waals surface area contributed by atoms with Crippen LogP contribution in [0.1, 0.15) is 41.0 Å². The zero-order chi connectivity index (χ0) is 15.9. The lowest BCUT2D eigenvalue weighted by Crippen LogP contribution is -2.12. The van der Waals surface area contributed by atoms with Gasteiger partial charge >= 0.3 is 0 Å². The SMILES string of the molecule is Cc1ccc(NC(=O)c2nn3c(C(C)C)nnc3s2)cc1Cl. The number of carbonyl (C=O) groups is 1. The molecule has 1 amide bonds. The predicted octanol–water partition coefficient (Wildman–Crippen LogP) is 3.52. The molecule has 2 heterocycles. The van der Waals surface area contributed by atoms with Crippen LogP contribution in [0.4, 0.5) is 5.69 Å². The number of halogens is 1. The summed E-state index contributed by atoms with van der Waals surface area (Å²) in [7, 11) is 0. The Labute approximate surface area is 136 Å². The number of hydrogen-bond donors (Lipinski definition) is 1. The molecule has 22 heavy (non-hydrogen) atoms. The topological polar surface area (TPSA) is 72.2 Å². The lowest BCUT2D eigenvalue weighted by molar-refractivity contribution is 0.102. The Bertz CT molecular complexity index is 854. The van der Waals surface area contributed by atoms with Gasteiger partial charge in [-0.15, -0.1) is 15.3 Å². The molecule has 2 aromatic heterocycles. The summed E-state index contributed by atoms with van der Waals surface area (Å²) in [5.41, 5.74) is 1.59. The highest BCUT2D eigenvalue weighted by Crippen LogP contribution is 2.22. The molecule has 0 atom stereocenters. The van der Waals surface area contributed by atoms with Crippen LogP contribution in [0.2, 0.25) is 5.02 Å². The first-order valence-corrected chi connectivity index (χ1v) is 7.95. The first kappa shape index (κ1) is 14.9. The molecule has 3 aromatic rings. The van der Waals surface area contributed by atoms with E-state index in [1.54, 1.807) is 16.6 Å². The number of aryl methyl sites for hydroxylation is 1. The molecule has 114 valence electrons. The summed E-state index contributed by atoms with van der Waals surface area (Å²) in [6.07, 6.45) is 0. The molecule has 0 bridgehead atoms. The second-order valence-corrected chi connectivity index (χ2v) is 6.60. The molecule has 1 aromatic carbocycles. The van der Waals surface area contributed by atoms with Crippen molar-refractivity contribution in [3.63, 3.8) is 0 Å². The van der Waals surface area contributed by atoms with E-state index in [9.17, 15) is 4.79 Å². The molecule has 0 saturated carbocycles. The highest BCUT2D eigenvalue weighted by molar-refractivity contribution is 7.18. The van der Waals surface area contributed by atoms with Crippen molar-refractivity contribution in [3.05, 3.63) is 39.6 Å². The molecule has 0 aliphatic rings. The highest BCUT2D eigenvalue weighted by Gasteiger charge is 2.18. The van der Waals surface area contributed by atoms with Crippen molar-refractivity contribution >= 4 is 39.5 Å². The zero-order valence-corrected chi connectivity index (χ0v) is 13.9. The van der Waals surface area contributed by atoms with E-state index >= 15 is 0 Å². The number of aromatic nitrogens is 4. The average Bonchev–Trinajstić information content (AvgIpc) is 3.02. The number of carbonyl (C=O) groups excluding carboxylic acids is 1. The normalized spacial score (nSPS) is 11.3. The monoisotopic (exact) mass is 335 g/mol. The van der Waals surface area contributed by atoms with Crippen molar-refractivity contribution in [2.24, 2.45) is 0 Å². The molecule has 0 radical (unpaired) electrons. The Hall–Kier alpha value is -1.99. The highest BCUT2D eigenvalue weighted by atomic mass is 35.5. The summed E-state index contributed by atoms with van der Waals surface area (Å²) in [5.74, 6) is 0.637. The minimum absolute atomic E-state index is 0.184. The van der Waals surface area contributed by atoms with Gasteiger partial charge in [-0.1, -0.05) is 42.9 Å². The fraction of sp³-hybridized carbons (Fsp3) is 0.286. The molecule has 0 aliphatic heterocycles. The van der Waals surface area contributed by atoms with Crippen LogP contribution >= 0.6 is 22.9 Å². The maximum absolute atomic E-state index is 12.3. The number of amides is 1. The lowest BCUT2D eigenvalue weighted by Gasteiger charge is -2.04. The van der Waals surface area contributed by atoms with Crippen LogP contribution < -0.4 is 5.32 Å². The quantitative estimate of drug-likeness (QED) is 0.794. The molecule has 6 nitrogen and oxygen atoms in total.